The molecule has 0 N–H and O–H groups in total. The van der Waals surface area contributed by atoms with Crippen LogP contribution in [-0.2, 0) is 11.3 Å². The Bertz CT molecular complexity index is 447. The van der Waals surface area contributed by atoms with E-state index in [0.717, 1.165) is 31.6 Å². The molecule has 86 valence electrons. The average Bonchev–Trinajstić information content (AvgIpc) is 2.73. The third-order valence-corrected chi connectivity index (χ3v) is 2.70. The van der Waals surface area contributed by atoms with Crippen LogP contribution in [0.1, 0.15) is 19.8 Å². The predicted octanol–water partition coefficient (Wildman–Crippen LogP) is 0.433. The van der Waals surface area contributed by atoms with Crippen molar-refractivity contribution in [1.82, 2.24) is 9.78 Å². The second kappa shape index (κ2) is 4.47. The van der Waals surface area contributed by atoms with Gasteiger partial charge in [0.15, 0.2) is 5.78 Å². The van der Waals surface area contributed by atoms with Gasteiger partial charge in [-0.3, -0.25) is 9.59 Å². The third-order valence-electron chi connectivity index (χ3n) is 2.70. The van der Waals surface area contributed by atoms with Crippen LogP contribution in [0.3, 0.4) is 0 Å². The van der Waals surface area contributed by atoms with E-state index in [9.17, 15) is 9.59 Å². The summed E-state index contributed by atoms with van der Waals surface area (Å²) >= 11 is 0. The molecule has 0 bridgehead atoms. The number of Topliss-reactive ketones (excluding diaryl/α,β-unsaturated/α-hetero) is 1. The van der Waals surface area contributed by atoms with Crippen molar-refractivity contribution in [2.45, 2.75) is 26.3 Å². The van der Waals surface area contributed by atoms with E-state index in [1.165, 1.54) is 11.6 Å². The predicted molar refractivity (Wildman–Crippen MR) is 60.6 cm³/mol. The molecule has 16 heavy (non-hydrogen) atoms. The van der Waals surface area contributed by atoms with Gasteiger partial charge in [0.1, 0.15) is 6.54 Å². The van der Waals surface area contributed by atoms with Crippen molar-refractivity contribution in [3.8, 4) is 0 Å². The van der Waals surface area contributed by atoms with Crippen LogP contribution in [0, 0.1) is 0 Å². The number of carbonyl (C=O) groups is 1. The van der Waals surface area contributed by atoms with Gasteiger partial charge in [0.2, 0.25) is 0 Å². The maximum atomic E-state index is 11.7. The molecule has 5 nitrogen and oxygen atoms in total. The van der Waals surface area contributed by atoms with E-state index in [1.807, 2.05) is 0 Å². The molecule has 2 heterocycles. The van der Waals surface area contributed by atoms with E-state index in [1.54, 1.807) is 12.3 Å². The lowest BCUT2D eigenvalue weighted by atomic mass is 10.4. The van der Waals surface area contributed by atoms with Crippen molar-refractivity contribution in [3.05, 3.63) is 22.6 Å². The standard InChI is InChI=1S/C11H15N3O2/c1-9(15)8-14-11(16)6-10(7-12-14)13-4-2-3-5-13/h6-7H,2-5,8H2,1H3. The fraction of sp³-hybridized carbons (Fsp3) is 0.545. The quantitative estimate of drug-likeness (QED) is 0.743. The van der Waals surface area contributed by atoms with Crippen LogP contribution in [0.15, 0.2) is 17.1 Å². The maximum absolute atomic E-state index is 11.7. The van der Waals surface area contributed by atoms with Gasteiger partial charge in [-0.15, -0.1) is 0 Å². The Kier molecular flexibility index (Phi) is 3.03. The molecule has 0 amide bonds. The van der Waals surface area contributed by atoms with Crippen molar-refractivity contribution in [2.24, 2.45) is 0 Å². The molecule has 0 atom stereocenters. The summed E-state index contributed by atoms with van der Waals surface area (Å²) in [4.78, 5) is 24.7. The molecule has 5 heteroatoms. The Morgan fingerprint density at radius 3 is 2.69 bits per heavy atom. The molecule has 0 aliphatic carbocycles. The lowest BCUT2D eigenvalue weighted by molar-refractivity contribution is -0.117. The van der Waals surface area contributed by atoms with E-state index < -0.39 is 0 Å². The Hall–Kier alpha value is -1.65. The van der Waals surface area contributed by atoms with Crippen LogP contribution in [0.4, 0.5) is 5.69 Å². The molecular weight excluding hydrogens is 206 g/mol. The van der Waals surface area contributed by atoms with Gasteiger partial charge in [-0.05, 0) is 19.8 Å². The molecule has 1 aliphatic heterocycles. The summed E-state index contributed by atoms with van der Waals surface area (Å²) in [5, 5.41) is 4.00. The lowest BCUT2D eigenvalue weighted by Gasteiger charge is -2.16. The number of hydrogen-bond acceptors (Lipinski definition) is 4. The molecule has 0 aromatic carbocycles. The number of nitrogens with zero attached hydrogens (tertiary/aromatic N) is 3. The molecule has 2 rings (SSSR count). The molecule has 1 saturated heterocycles. The first kappa shape index (κ1) is 10.9. The fourth-order valence-electron chi connectivity index (χ4n) is 1.90. The van der Waals surface area contributed by atoms with Crippen molar-refractivity contribution in [3.63, 3.8) is 0 Å². The van der Waals surface area contributed by atoms with Gasteiger partial charge in [0, 0.05) is 19.2 Å². The second-order valence-corrected chi connectivity index (χ2v) is 4.11. The third kappa shape index (κ3) is 2.29. The molecule has 0 unspecified atom stereocenters. The zero-order chi connectivity index (χ0) is 11.5. The minimum atomic E-state index is -0.209. The smallest absolute Gasteiger partial charge is 0.269 e. The largest absolute Gasteiger partial charge is 0.370 e. The molecule has 0 saturated carbocycles. The Balaban J connectivity index is 2.21. The monoisotopic (exact) mass is 221 g/mol. The first-order valence-corrected chi connectivity index (χ1v) is 5.48. The number of ketones is 1. The first-order chi connectivity index (χ1) is 7.66. The molecule has 0 radical (unpaired) electrons. The first-order valence-electron chi connectivity index (χ1n) is 5.48. The molecule has 0 spiro atoms. The van der Waals surface area contributed by atoms with Gasteiger partial charge in [0.25, 0.3) is 5.56 Å². The summed E-state index contributed by atoms with van der Waals surface area (Å²) in [6.07, 6.45) is 3.99. The summed E-state index contributed by atoms with van der Waals surface area (Å²) in [6.45, 7) is 3.47. The number of aromatic nitrogens is 2. The lowest BCUT2D eigenvalue weighted by Crippen LogP contribution is -2.27. The summed E-state index contributed by atoms with van der Waals surface area (Å²) in [5.41, 5.74) is 0.655. The molecular formula is C11H15N3O2. The van der Waals surface area contributed by atoms with Gasteiger partial charge in [-0.1, -0.05) is 0 Å². The zero-order valence-electron chi connectivity index (χ0n) is 9.35. The molecule has 1 aromatic rings. The van der Waals surface area contributed by atoms with E-state index >= 15 is 0 Å². The second-order valence-electron chi connectivity index (χ2n) is 4.11. The van der Waals surface area contributed by atoms with Crippen molar-refractivity contribution in [2.75, 3.05) is 18.0 Å². The number of hydrogen-bond donors (Lipinski definition) is 0. The average molecular weight is 221 g/mol. The van der Waals surface area contributed by atoms with E-state index in [4.69, 9.17) is 0 Å². The number of anilines is 1. The van der Waals surface area contributed by atoms with Gasteiger partial charge < -0.3 is 4.90 Å². The van der Waals surface area contributed by atoms with Gasteiger partial charge >= 0.3 is 0 Å². The van der Waals surface area contributed by atoms with Crippen molar-refractivity contribution >= 4 is 11.5 Å². The maximum Gasteiger partial charge on any atom is 0.269 e. The highest BCUT2D eigenvalue weighted by molar-refractivity contribution is 5.75. The topological polar surface area (TPSA) is 55.2 Å². The Morgan fingerprint density at radius 1 is 1.44 bits per heavy atom. The summed E-state index contributed by atoms with van der Waals surface area (Å²) in [5.74, 6) is -0.0662. The van der Waals surface area contributed by atoms with E-state index in [2.05, 4.69) is 10.00 Å². The van der Waals surface area contributed by atoms with Crippen molar-refractivity contribution in [1.29, 1.82) is 0 Å². The summed E-state index contributed by atoms with van der Waals surface area (Å²) in [6, 6.07) is 1.56. The van der Waals surface area contributed by atoms with Gasteiger partial charge in [0.05, 0.1) is 11.9 Å². The number of rotatable bonds is 3. The highest BCUT2D eigenvalue weighted by Gasteiger charge is 2.13. The number of carbonyl (C=O) groups excluding carboxylic acids is 1. The van der Waals surface area contributed by atoms with Crippen molar-refractivity contribution < 1.29 is 4.79 Å². The van der Waals surface area contributed by atoms with Crippen LogP contribution < -0.4 is 10.5 Å². The minimum Gasteiger partial charge on any atom is -0.370 e. The van der Waals surface area contributed by atoms with Crippen LogP contribution in [0.25, 0.3) is 0 Å². The van der Waals surface area contributed by atoms with Crippen LogP contribution in [-0.4, -0.2) is 28.7 Å². The van der Waals surface area contributed by atoms with E-state index in [0.29, 0.717) is 0 Å². The summed E-state index contributed by atoms with van der Waals surface area (Å²) in [7, 11) is 0. The Morgan fingerprint density at radius 2 is 2.12 bits per heavy atom. The van der Waals surface area contributed by atoms with Crippen LogP contribution >= 0.6 is 0 Å². The zero-order valence-corrected chi connectivity index (χ0v) is 9.35. The molecule has 1 aliphatic rings. The van der Waals surface area contributed by atoms with Gasteiger partial charge in [-0.25, -0.2) is 4.68 Å². The fourth-order valence-corrected chi connectivity index (χ4v) is 1.90. The highest BCUT2D eigenvalue weighted by Crippen LogP contribution is 2.16. The SMILES string of the molecule is CC(=O)Cn1ncc(N2CCCC2)cc1=O. The van der Waals surface area contributed by atoms with E-state index in [-0.39, 0.29) is 17.9 Å². The highest BCUT2D eigenvalue weighted by atomic mass is 16.1. The molecule has 1 fully saturated rings. The van der Waals surface area contributed by atoms with Gasteiger partial charge in [-0.2, -0.15) is 5.10 Å². The normalized spacial score (nSPS) is 15.4. The minimum absolute atomic E-state index is 0.0547. The van der Waals surface area contributed by atoms with Crippen LogP contribution in [0.2, 0.25) is 0 Å². The summed E-state index contributed by atoms with van der Waals surface area (Å²) < 4.78 is 1.20. The Labute approximate surface area is 93.7 Å². The molecule has 1 aromatic heterocycles. The van der Waals surface area contributed by atoms with Crippen LogP contribution in [0.5, 0.6) is 0 Å².